The Morgan fingerprint density at radius 2 is 2.00 bits per heavy atom. The molecule has 1 aromatic carbocycles. The third kappa shape index (κ3) is 2.42. The summed E-state index contributed by atoms with van der Waals surface area (Å²) >= 11 is 13.2. The molecular formula is C11H7Cl2N5S. The number of hydrogen-bond donors (Lipinski definition) is 2. The minimum absolute atomic E-state index is 0.308. The molecule has 0 radical (unpaired) electrons. The van der Waals surface area contributed by atoms with Crippen molar-refractivity contribution in [1.29, 1.82) is 0 Å². The van der Waals surface area contributed by atoms with Crippen LogP contribution in [-0.4, -0.2) is 13.7 Å². The largest absolute Gasteiger partial charge is 0.399 e. The molecule has 0 aliphatic heterocycles. The molecular weight excluding hydrogens is 305 g/mol. The Bertz CT molecular complexity index is 738. The van der Waals surface area contributed by atoms with E-state index in [0.717, 1.165) is 17.2 Å². The number of fused-ring (bicyclic) bond motifs is 1. The van der Waals surface area contributed by atoms with Gasteiger partial charge in [-0.3, -0.25) is 0 Å². The number of benzene rings is 1. The van der Waals surface area contributed by atoms with Crippen molar-refractivity contribution in [2.24, 2.45) is 0 Å². The van der Waals surface area contributed by atoms with Gasteiger partial charge in [0.05, 0.1) is 22.4 Å². The van der Waals surface area contributed by atoms with Crippen LogP contribution in [0.4, 0.5) is 17.2 Å². The molecule has 0 spiro atoms. The van der Waals surface area contributed by atoms with Crippen LogP contribution >= 0.6 is 34.9 Å². The van der Waals surface area contributed by atoms with Crippen molar-refractivity contribution >= 4 is 63.2 Å². The molecule has 0 bridgehead atoms. The fraction of sp³-hybridized carbons (Fsp3) is 0. The molecule has 5 nitrogen and oxygen atoms in total. The van der Waals surface area contributed by atoms with Gasteiger partial charge in [-0.25, -0.2) is 4.98 Å². The Labute approximate surface area is 122 Å². The molecule has 2 aromatic heterocycles. The van der Waals surface area contributed by atoms with Gasteiger partial charge in [-0.15, -0.1) is 0 Å². The highest BCUT2D eigenvalue weighted by atomic mass is 35.5. The molecule has 0 saturated carbocycles. The SMILES string of the molecule is Nc1cc(Cl)nc(Nc2c(Cl)ccc3nsnc23)c1. The van der Waals surface area contributed by atoms with Gasteiger partial charge in [0, 0.05) is 11.8 Å². The maximum absolute atomic E-state index is 6.17. The molecule has 19 heavy (non-hydrogen) atoms. The van der Waals surface area contributed by atoms with Crippen molar-refractivity contribution in [3.8, 4) is 0 Å². The summed E-state index contributed by atoms with van der Waals surface area (Å²) in [6.07, 6.45) is 0. The Hall–Kier alpha value is -1.63. The standard InChI is InChI=1S/C11H7Cl2N5S/c12-6-1-2-7-11(18-19-17-7)10(6)16-9-4-5(14)3-8(13)15-9/h1-4H,(H3,14,15,16). The Morgan fingerprint density at radius 3 is 2.79 bits per heavy atom. The maximum Gasteiger partial charge on any atom is 0.134 e. The van der Waals surface area contributed by atoms with E-state index in [0.29, 0.717) is 32.9 Å². The summed E-state index contributed by atoms with van der Waals surface area (Å²) in [7, 11) is 0. The van der Waals surface area contributed by atoms with Crippen molar-refractivity contribution in [1.82, 2.24) is 13.7 Å². The van der Waals surface area contributed by atoms with Crippen LogP contribution in [0.3, 0.4) is 0 Å². The van der Waals surface area contributed by atoms with Crippen LogP contribution < -0.4 is 11.1 Å². The summed E-state index contributed by atoms with van der Waals surface area (Å²) in [4.78, 5) is 4.13. The van der Waals surface area contributed by atoms with Crippen LogP contribution in [0.25, 0.3) is 11.0 Å². The predicted molar refractivity (Wildman–Crippen MR) is 79.4 cm³/mol. The lowest BCUT2D eigenvalue weighted by Crippen LogP contribution is -1.97. The summed E-state index contributed by atoms with van der Waals surface area (Å²) < 4.78 is 8.37. The average Bonchev–Trinajstić information content (AvgIpc) is 2.80. The van der Waals surface area contributed by atoms with Crippen LogP contribution in [0, 0.1) is 0 Å². The van der Waals surface area contributed by atoms with Crippen LogP contribution in [-0.2, 0) is 0 Å². The molecule has 2 heterocycles. The summed E-state index contributed by atoms with van der Waals surface area (Å²) in [6, 6.07) is 6.80. The van der Waals surface area contributed by atoms with Gasteiger partial charge in [-0.05, 0) is 18.2 Å². The second kappa shape index (κ2) is 4.80. The number of rotatable bonds is 2. The second-order valence-electron chi connectivity index (χ2n) is 3.79. The number of anilines is 3. The third-order valence-electron chi connectivity index (χ3n) is 2.45. The van der Waals surface area contributed by atoms with Crippen molar-refractivity contribution in [2.45, 2.75) is 0 Å². The molecule has 0 saturated heterocycles. The highest BCUT2D eigenvalue weighted by Gasteiger charge is 2.11. The van der Waals surface area contributed by atoms with Crippen molar-refractivity contribution in [3.63, 3.8) is 0 Å². The van der Waals surface area contributed by atoms with Gasteiger partial charge in [0.25, 0.3) is 0 Å². The fourth-order valence-corrected chi connectivity index (χ4v) is 2.61. The van der Waals surface area contributed by atoms with Gasteiger partial charge in [0.1, 0.15) is 22.0 Å². The lowest BCUT2D eigenvalue weighted by Gasteiger charge is -2.09. The summed E-state index contributed by atoms with van der Waals surface area (Å²) in [6.45, 7) is 0. The molecule has 96 valence electrons. The number of hydrogen-bond acceptors (Lipinski definition) is 6. The number of nitrogens with zero attached hydrogens (tertiary/aromatic N) is 3. The van der Waals surface area contributed by atoms with Gasteiger partial charge < -0.3 is 11.1 Å². The van der Waals surface area contributed by atoms with E-state index in [-0.39, 0.29) is 0 Å². The van der Waals surface area contributed by atoms with Gasteiger partial charge >= 0.3 is 0 Å². The number of pyridine rings is 1. The molecule has 3 aromatic rings. The first kappa shape index (κ1) is 12.4. The zero-order chi connectivity index (χ0) is 13.4. The Kier molecular flexibility index (Phi) is 3.14. The zero-order valence-corrected chi connectivity index (χ0v) is 11.7. The molecule has 0 fully saturated rings. The van der Waals surface area contributed by atoms with Gasteiger partial charge in [-0.1, -0.05) is 23.2 Å². The zero-order valence-electron chi connectivity index (χ0n) is 9.39. The number of halogens is 2. The van der Waals surface area contributed by atoms with Gasteiger partial charge in [0.2, 0.25) is 0 Å². The van der Waals surface area contributed by atoms with Crippen molar-refractivity contribution < 1.29 is 0 Å². The molecule has 3 rings (SSSR count). The van der Waals surface area contributed by atoms with E-state index in [1.54, 1.807) is 18.2 Å². The molecule has 0 unspecified atom stereocenters. The highest BCUT2D eigenvalue weighted by molar-refractivity contribution is 7.00. The monoisotopic (exact) mass is 311 g/mol. The number of nitrogens with one attached hydrogen (secondary N) is 1. The van der Waals surface area contributed by atoms with E-state index in [9.17, 15) is 0 Å². The maximum atomic E-state index is 6.17. The molecule has 3 N–H and O–H groups in total. The normalized spacial score (nSPS) is 10.8. The van der Waals surface area contributed by atoms with E-state index in [2.05, 4.69) is 19.0 Å². The van der Waals surface area contributed by atoms with E-state index < -0.39 is 0 Å². The van der Waals surface area contributed by atoms with Gasteiger partial charge in [-0.2, -0.15) is 8.75 Å². The fourth-order valence-electron chi connectivity index (χ4n) is 1.65. The molecule has 8 heteroatoms. The van der Waals surface area contributed by atoms with Crippen molar-refractivity contribution in [2.75, 3.05) is 11.1 Å². The Balaban J connectivity index is 2.09. The van der Waals surface area contributed by atoms with Crippen LogP contribution in [0.2, 0.25) is 10.2 Å². The van der Waals surface area contributed by atoms with E-state index in [1.807, 2.05) is 6.07 Å². The quantitative estimate of drug-likeness (QED) is 0.705. The van der Waals surface area contributed by atoms with E-state index in [4.69, 9.17) is 28.9 Å². The highest BCUT2D eigenvalue weighted by Crippen LogP contribution is 2.32. The van der Waals surface area contributed by atoms with Gasteiger partial charge in [0.15, 0.2) is 0 Å². The lowest BCUT2D eigenvalue weighted by atomic mass is 10.2. The van der Waals surface area contributed by atoms with E-state index in [1.165, 1.54) is 0 Å². The second-order valence-corrected chi connectivity index (χ2v) is 5.11. The summed E-state index contributed by atoms with van der Waals surface area (Å²) in [5, 5.41) is 3.92. The summed E-state index contributed by atoms with van der Waals surface area (Å²) in [5.74, 6) is 0.507. The molecule has 0 amide bonds. The first-order valence-electron chi connectivity index (χ1n) is 5.24. The van der Waals surface area contributed by atoms with E-state index >= 15 is 0 Å². The number of nitrogen functional groups attached to an aromatic ring is 1. The summed E-state index contributed by atoms with van der Waals surface area (Å²) in [5.41, 5.74) is 8.34. The first-order valence-corrected chi connectivity index (χ1v) is 6.73. The predicted octanol–water partition coefficient (Wildman–Crippen LogP) is 3.72. The van der Waals surface area contributed by atoms with Crippen LogP contribution in [0.5, 0.6) is 0 Å². The van der Waals surface area contributed by atoms with Crippen LogP contribution in [0.15, 0.2) is 24.3 Å². The molecule has 0 aliphatic rings. The minimum Gasteiger partial charge on any atom is -0.399 e. The first-order chi connectivity index (χ1) is 9.13. The average molecular weight is 312 g/mol. The van der Waals surface area contributed by atoms with Crippen LogP contribution in [0.1, 0.15) is 0 Å². The number of nitrogens with two attached hydrogens (primary N) is 1. The molecule has 0 atom stereocenters. The topological polar surface area (TPSA) is 76.7 Å². The minimum atomic E-state index is 0.308. The smallest absolute Gasteiger partial charge is 0.134 e. The Morgan fingerprint density at radius 1 is 1.16 bits per heavy atom. The lowest BCUT2D eigenvalue weighted by molar-refractivity contribution is 1.31. The molecule has 0 aliphatic carbocycles. The van der Waals surface area contributed by atoms with Crippen molar-refractivity contribution in [3.05, 3.63) is 34.4 Å². The third-order valence-corrected chi connectivity index (χ3v) is 3.50. The number of aromatic nitrogens is 3.